The lowest BCUT2D eigenvalue weighted by molar-refractivity contribution is -0.140. The second kappa shape index (κ2) is 7.20. The van der Waals surface area contributed by atoms with Crippen LogP contribution in [-0.2, 0) is 4.79 Å². The number of fused-ring (bicyclic) bond motifs is 1. The van der Waals surface area contributed by atoms with Crippen molar-refractivity contribution >= 4 is 11.8 Å². The molecule has 6 nitrogen and oxygen atoms in total. The molecule has 6 heteroatoms. The van der Waals surface area contributed by atoms with Gasteiger partial charge in [-0.3, -0.25) is 14.5 Å². The van der Waals surface area contributed by atoms with Crippen LogP contribution in [0.25, 0.3) is 0 Å². The average molecular weight is 345 g/mol. The number of carbonyl (C=O) groups is 2. The summed E-state index contributed by atoms with van der Waals surface area (Å²) >= 11 is 0. The number of piperazine rings is 1. The Labute approximate surface area is 148 Å². The fourth-order valence-electron chi connectivity index (χ4n) is 4.54. The van der Waals surface area contributed by atoms with Gasteiger partial charge in [-0.25, -0.2) is 0 Å². The Hall–Kier alpha value is -1.82. The molecule has 2 atom stereocenters. The lowest BCUT2D eigenvalue weighted by Gasteiger charge is -2.46. The Morgan fingerprint density at radius 2 is 1.84 bits per heavy atom. The molecule has 3 aliphatic rings. The van der Waals surface area contributed by atoms with Crippen LogP contribution < -0.4 is 0 Å². The maximum Gasteiger partial charge on any atom is 0.290 e. The highest BCUT2D eigenvalue weighted by molar-refractivity contribution is 5.95. The summed E-state index contributed by atoms with van der Waals surface area (Å²) in [5, 5.41) is 0. The zero-order chi connectivity index (χ0) is 17.2. The smallest absolute Gasteiger partial charge is 0.290 e. The van der Waals surface area contributed by atoms with Gasteiger partial charge in [-0.2, -0.15) is 0 Å². The van der Waals surface area contributed by atoms with Gasteiger partial charge in [0.05, 0.1) is 6.26 Å². The van der Waals surface area contributed by atoms with Crippen molar-refractivity contribution in [2.45, 2.75) is 50.6 Å². The highest BCUT2D eigenvalue weighted by atomic mass is 16.3. The Bertz CT molecular complexity index is 615. The number of furan rings is 1. The third kappa shape index (κ3) is 3.32. The van der Waals surface area contributed by atoms with Gasteiger partial charge >= 0.3 is 0 Å². The first-order valence-electron chi connectivity index (χ1n) is 9.61. The van der Waals surface area contributed by atoms with Gasteiger partial charge in [0, 0.05) is 32.2 Å². The predicted molar refractivity (Wildman–Crippen MR) is 93.2 cm³/mol. The summed E-state index contributed by atoms with van der Waals surface area (Å²) in [6.45, 7) is 4.38. The molecule has 1 aromatic heterocycles. The van der Waals surface area contributed by atoms with Gasteiger partial charge in [0.1, 0.15) is 6.04 Å². The van der Waals surface area contributed by atoms with E-state index < -0.39 is 0 Å². The minimum atomic E-state index is -0.332. The van der Waals surface area contributed by atoms with Crippen molar-refractivity contribution < 1.29 is 14.0 Å². The maximum absolute atomic E-state index is 13.2. The molecule has 4 heterocycles. The lowest BCUT2D eigenvalue weighted by Crippen LogP contribution is -2.60. The monoisotopic (exact) mass is 345 g/mol. The molecule has 4 rings (SSSR count). The molecule has 2 unspecified atom stereocenters. The molecule has 1 aromatic rings. The lowest BCUT2D eigenvalue weighted by atomic mass is 9.97. The van der Waals surface area contributed by atoms with Crippen LogP contribution in [0, 0.1) is 0 Å². The zero-order valence-electron chi connectivity index (χ0n) is 14.7. The van der Waals surface area contributed by atoms with E-state index in [0.29, 0.717) is 18.3 Å². The summed E-state index contributed by atoms with van der Waals surface area (Å²) < 4.78 is 5.27. The second-order valence-electron chi connectivity index (χ2n) is 7.46. The number of nitrogens with zero attached hydrogens (tertiary/aromatic N) is 3. The van der Waals surface area contributed by atoms with Gasteiger partial charge in [-0.1, -0.05) is 6.42 Å². The van der Waals surface area contributed by atoms with Crippen molar-refractivity contribution in [3.8, 4) is 0 Å². The summed E-state index contributed by atoms with van der Waals surface area (Å²) in [5.74, 6) is 0.306. The molecule has 0 spiro atoms. The summed E-state index contributed by atoms with van der Waals surface area (Å²) in [4.78, 5) is 32.2. The fourth-order valence-corrected chi connectivity index (χ4v) is 4.54. The quantitative estimate of drug-likeness (QED) is 0.822. The topological polar surface area (TPSA) is 57.0 Å². The minimum absolute atomic E-state index is 0.129. The van der Waals surface area contributed by atoms with Crippen molar-refractivity contribution in [2.24, 2.45) is 0 Å². The Kier molecular flexibility index (Phi) is 4.79. The molecule has 3 saturated heterocycles. The van der Waals surface area contributed by atoms with Crippen LogP contribution in [0.15, 0.2) is 22.8 Å². The van der Waals surface area contributed by atoms with Crippen LogP contribution in [0.2, 0.25) is 0 Å². The van der Waals surface area contributed by atoms with Crippen LogP contribution in [-0.4, -0.2) is 71.3 Å². The maximum atomic E-state index is 13.2. The van der Waals surface area contributed by atoms with E-state index in [1.54, 1.807) is 17.0 Å². The number of rotatable bonds is 2. The first-order chi connectivity index (χ1) is 12.2. The minimum Gasteiger partial charge on any atom is -0.459 e. The largest absolute Gasteiger partial charge is 0.459 e. The van der Waals surface area contributed by atoms with E-state index in [0.717, 1.165) is 38.9 Å². The number of amides is 2. The highest BCUT2D eigenvalue weighted by Gasteiger charge is 2.38. The number of hydrogen-bond donors (Lipinski definition) is 0. The van der Waals surface area contributed by atoms with E-state index in [9.17, 15) is 9.59 Å². The molecule has 0 N–H and O–H groups in total. The van der Waals surface area contributed by atoms with Crippen molar-refractivity contribution in [1.29, 1.82) is 0 Å². The number of carbonyl (C=O) groups excluding carboxylic acids is 2. The molecule has 0 aliphatic carbocycles. The first-order valence-corrected chi connectivity index (χ1v) is 9.61. The van der Waals surface area contributed by atoms with Crippen LogP contribution in [0.5, 0.6) is 0 Å². The molecule has 0 radical (unpaired) electrons. The Morgan fingerprint density at radius 1 is 1.00 bits per heavy atom. The third-order valence-electron chi connectivity index (χ3n) is 5.93. The normalized spacial score (nSPS) is 27.8. The van der Waals surface area contributed by atoms with Crippen LogP contribution in [0.4, 0.5) is 0 Å². The van der Waals surface area contributed by atoms with Crippen molar-refractivity contribution in [3.63, 3.8) is 0 Å². The first kappa shape index (κ1) is 16.6. The van der Waals surface area contributed by atoms with Gasteiger partial charge < -0.3 is 14.2 Å². The predicted octanol–water partition coefficient (Wildman–Crippen LogP) is 1.97. The van der Waals surface area contributed by atoms with Crippen LogP contribution in [0.3, 0.4) is 0 Å². The molecule has 136 valence electrons. The van der Waals surface area contributed by atoms with E-state index >= 15 is 0 Å². The SMILES string of the molecule is O=C(C1CCCCN1C(=O)c1ccco1)N1CCN2CCCCC2C1. The van der Waals surface area contributed by atoms with Crippen LogP contribution in [0.1, 0.15) is 49.1 Å². The molecular weight excluding hydrogens is 318 g/mol. The van der Waals surface area contributed by atoms with E-state index in [-0.39, 0.29) is 17.9 Å². The molecule has 0 aromatic carbocycles. The molecular formula is C19H27N3O3. The summed E-state index contributed by atoms with van der Waals surface area (Å²) in [6, 6.07) is 3.57. The van der Waals surface area contributed by atoms with E-state index in [4.69, 9.17) is 4.42 Å². The molecule has 0 saturated carbocycles. The van der Waals surface area contributed by atoms with Crippen molar-refractivity contribution in [1.82, 2.24) is 14.7 Å². The number of likely N-dealkylation sites (tertiary alicyclic amines) is 1. The van der Waals surface area contributed by atoms with Crippen molar-refractivity contribution in [2.75, 3.05) is 32.7 Å². The molecule has 0 bridgehead atoms. The van der Waals surface area contributed by atoms with Gasteiger partial charge in [0.25, 0.3) is 5.91 Å². The molecule has 2 amide bonds. The fraction of sp³-hybridized carbons (Fsp3) is 0.684. The summed E-state index contributed by atoms with van der Waals surface area (Å²) in [6.07, 6.45) is 7.94. The number of hydrogen-bond acceptors (Lipinski definition) is 4. The zero-order valence-corrected chi connectivity index (χ0v) is 14.7. The highest BCUT2D eigenvalue weighted by Crippen LogP contribution is 2.25. The summed E-state index contributed by atoms with van der Waals surface area (Å²) in [7, 11) is 0. The number of piperidine rings is 2. The molecule has 3 aliphatic heterocycles. The summed E-state index contributed by atoms with van der Waals surface area (Å²) in [5.41, 5.74) is 0. The standard InChI is InChI=1S/C19H27N3O3/c23-18(21-12-11-20-9-3-1-6-15(20)14-21)16-7-2-4-10-22(16)19(24)17-8-5-13-25-17/h5,8,13,15-16H,1-4,6-7,9-12,14H2. The van der Waals surface area contributed by atoms with Gasteiger partial charge in [0.15, 0.2) is 5.76 Å². The third-order valence-corrected chi connectivity index (χ3v) is 5.93. The van der Waals surface area contributed by atoms with Crippen LogP contribution >= 0.6 is 0 Å². The molecule has 3 fully saturated rings. The Balaban J connectivity index is 1.46. The van der Waals surface area contributed by atoms with Gasteiger partial charge in [-0.05, 0) is 50.8 Å². The second-order valence-corrected chi connectivity index (χ2v) is 7.46. The van der Waals surface area contributed by atoms with E-state index in [1.807, 2.05) is 4.90 Å². The van der Waals surface area contributed by atoms with Gasteiger partial charge in [-0.15, -0.1) is 0 Å². The average Bonchev–Trinajstić information content (AvgIpc) is 3.21. The van der Waals surface area contributed by atoms with Crippen molar-refractivity contribution in [3.05, 3.63) is 24.2 Å². The van der Waals surface area contributed by atoms with E-state index in [1.165, 1.54) is 32.1 Å². The Morgan fingerprint density at radius 3 is 2.68 bits per heavy atom. The van der Waals surface area contributed by atoms with Gasteiger partial charge in [0.2, 0.25) is 5.91 Å². The molecule has 25 heavy (non-hydrogen) atoms. The van der Waals surface area contributed by atoms with E-state index in [2.05, 4.69) is 4.90 Å².